The fraction of sp³-hybridized carbons (Fsp3) is 0. The van der Waals surface area contributed by atoms with E-state index in [4.69, 9.17) is 0 Å². The second kappa shape index (κ2) is 15.9. The summed E-state index contributed by atoms with van der Waals surface area (Å²) < 4.78 is 0. The van der Waals surface area contributed by atoms with Crippen molar-refractivity contribution in [2.75, 3.05) is 0 Å². The van der Waals surface area contributed by atoms with E-state index in [9.17, 15) is 0 Å². The van der Waals surface area contributed by atoms with Gasteiger partial charge in [-0.05, 0) is 0 Å². The second-order valence-electron chi connectivity index (χ2n) is 0. The molecule has 0 saturated heterocycles. The summed E-state index contributed by atoms with van der Waals surface area (Å²) in [6.45, 7) is 0. The molecular weight excluding hydrogens is 396 g/mol. The molecule has 4 heteroatoms. The fourth-order valence-electron chi connectivity index (χ4n) is 0. The Morgan fingerprint density at radius 2 is 0.500 bits per heavy atom. The van der Waals surface area contributed by atoms with Crippen molar-refractivity contribution in [3.05, 3.63) is 0 Å². The molecule has 8 radical (unpaired) electrons. The van der Waals surface area contributed by atoms with Crippen LogP contribution in [0.3, 0.4) is 0 Å². The van der Waals surface area contributed by atoms with Crippen molar-refractivity contribution in [1.82, 2.24) is 0 Å². The van der Waals surface area contributed by atoms with Crippen molar-refractivity contribution in [2.24, 2.45) is 0 Å². The molecule has 0 nitrogen and oxygen atoms in total. The normalized spacial score (nSPS) is 0. The molecule has 0 aromatic heterocycles. The van der Waals surface area contributed by atoms with E-state index in [-0.39, 0.29) is 109 Å². The standard InChI is InChI=1S/Ca.3Sn.6H. The Hall–Kier alpha value is 3.66. The molecule has 0 aromatic rings. The van der Waals surface area contributed by atoms with Gasteiger partial charge in [-0.25, -0.2) is 0 Å². The van der Waals surface area contributed by atoms with Crippen molar-refractivity contribution < 1.29 is 0 Å². The van der Waals surface area contributed by atoms with Crippen molar-refractivity contribution in [3.63, 3.8) is 0 Å². The molecule has 0 aliphatic carbocycles. The van der Waals surface area contributed by atoms with Crippen LogP contribution in [-0.2, 0) is 0 Å². The van der Waals surface area contributed by atoms with Crippen LogP contribution in [0.15, 0.2) is 0 Å². The van der Waals surface area contributed by atoms with Crippen LogP contribution in [0.1, 0.15) is 0 Å². The van der Waals surface area contributed by atoms with Gasteiger partial charge in [-0.15, -0.1) is 0 Å². The van der Waals surface area contributed by atoms with Gasteiger partial charge in [0.05, 0.1) is 0 Å². The van der Waals surface area contributed by atoms with Crippen LogP contribution in [0.5, 0.6) is 0 Å². The predicted molar refractivity (Wildman–Crippen MR) is 31.4 cm³/mol. The molecule has 0 rings (SSSR count). The summed E-state index contributed by atoms with van der Waals surface area (Å²) in [5.41, 5.74) is 0. The Kier molecular flexibility index (Phi) is 101. The molecule has 20 valence electrons. The molecule has 0 heterocycles. The summed E-state index contributed by atoms with van der Waals surface area (Å²) >= 11 is 0. The van der Waals surface area contributed by atoms with Gasteiger partial charge in [0.25, 0.3) is 0 Å². The van der Waals surface area contributed by atoms with E-state index in [1.54, 1.807) is 0 Å². The van der Waals surface area contributed by atoms with Crippen molar-refractivity contribution >= 4 is 109 Å². The zero-order chi connectivity index (χ0) is 0. The van der Waals surface area contributed by atoms with Gasteiger partial charge in [-0.1, -0.05) is 0 Å². The van der Waals surface area contributed by atoms with E-state index in [2.05, 4.69) is 0 Å². The molecule has 0 amide bonds. The van der Waals surface area contributed by atoms with Gasteiger partial charge >= 0.3 is 71.7 Å². The Morgan fingerprint density at radius 3 is 0.500 bits per heavy atom. The van der Waals surface area contributed by atoms with Crippen molar-refractivity contribution in [2.45, 2.75) is 0 Å². The van der Waals surface area contributed by atoms with Gasteiger partial charge in [0.1, 0.15) is 0 Å². The van der Waals surface area contributed by atoms with Gasteiger partial charge in [0.15, 0.2) is 0 Å². The number of hydrogen-bond acceptors (Lipinski definition) is 0. The van der Waals surface area contributed by atoms with Crippen LogP contribution in [-0.4, -0.2) is 109 Å². The van der Waals surface area contributed by atoms with Gasteiger partial charge in [-0.3, -0.25) is 0 Å². The van der Waals surface area contributed by atoms with Crippen LogP contribution >= 0.6 is 0 Å². The predicted octanol–water partition coefficient (Wildman–Crippen LogP) is -3.13. The summed E-state index contributed by atoms with van der Waals surface area (Å²) in [6, 6.07) is 0. The third-order valence-electron chi connectivity index (χ3n) is 0. The minimum absolute atomic E-state index is 0. The monoisotopic (exact) mass is 406 g/mol. The van der Waals surface area contributed by atoms with Crippen molar-refractivity contribution in [1.29, 1.82) is 0 Å². The summed E-state index contributed by atoms with van der Waals surface area (Å²) in [4.78, 5) is 0. The maximum atomic E-state index is 0. The van der Waals surface area contributed by atoms with E-state index < -0.39 is 0 Å². The van der Waals surface area contributed by atoms with Crippen LogP contribution in [0.25, 0.3) is 0 Å². The molecule has 0 aromatic carbocycles. The van der Waals surface area contributed by atoms with E-state index in [0.29, 0.717) is 0 Å². The Balaban J connectivity index is 0. The van der Waals surface area contributed by atoms with E-state index >= 15 is 0 Å². The van der Waals surface area contributed by atoms with Gasteiger partial charge in [0, 0.05) is 37.7 Å². The molecule has 4 heavy (non-hydrogen) atoms. The fourth-order valence-corrected chi connectivity index (χ4v) is 0. The van der Waals surface area contributed by atoms with Crippen LogP contribution in [0, 0.1) is 0 Å². The van der Waals surface area contributed by atoms with E-state index in [0.717, 1.165) is 0 Å². The van der Waals surface area contributed by atoms with Crippen LogP contribution in [0.4, 0.5) is 0 Å². The summed E-state index contributed by atoms with van der Waals surface area (Å²) in [7, 11) is 0. The Bertz CT molecular complexity index is 3.25. The number of rotatable bonds is 0. The van der Waals surface area contributed by atoms with Gasteiger partial charge in [-0.2, -0.15) is 0 Å². The van der Waals surface area contributed by atoms with Gasteiger partial charge < -0.3 is 0 Å². The average molecular weight is 402 g/mol. The van der Waals surface area contributed by atoms with Gasteiger partial charge in [0.2, 0.25) is 0 Å². The molecule has 0 N–H and O–H groups in total. The zero-order valence-electron chi connectivity index (χ0n) is 2.83. The molecule has 0 atom stereocenters. The maximum absolute atomic E-state index is 0. The molecule has 0 unspecified atom stereocenters. The third kappa shape index (κ3) is 9.17. The second-order valence-corrected chi connectivity index (χ2v) is 0. The minimum atomic E-state index is 0. The molecule has 0 fully saturated rings. The summed E-state index contributed by atoms with van der Waals surface area (Å²) in [5.74, 6) is 0. The SMILES string of the molecule is [Ca].[SnH2].[SnH2].[SnH2]. The van der Waals surface area contributed by atoms with E-state index in [1.807, 2.05) is 0 Å². The van der Waals surface area contributed by atoms with E-state index in [1.165, 1.54) is 0 Å². The number of hydrogen-bond donors (Lipinski definition) is 0. The summed E-state index contributed by atoms with van der Waals surface area (Å²) in [6.07, 6.45) is 0. The first-order chi connectivity index (χ1) is 0. The molecule has 0 saturated carbocycles. The van der Waals surface area contributed by atoms with Crippen LogP contribution < -0.4 is 0 Å². The zero-order valence-corrected chi connectivity index (χ0v) is 17.1. The first kappa shape index (κ1) is 25.4. The topological polar surface area (TPSA) is 0 Å². The Morgan fingerprint density at radius 1 is 0.500 bits per heavy atom. The van der Waals surface area contributed by atoms with Crippen molar-refractivity contribution in [3.8, 4) is 0 Å². The molecule has 0 spiro atoms. The summed E-state index contributed by atoms with van der Waals surface area (Å²) in [5, 5.41) is 0. The third-order valence-corrected chi connectivity index (χ3v) is 0. The average Bonchev–Trinajstić information content (AvgIpc) is 0. The molecular formula is H6CaSn3. The first-order valence-electron chi connectivity index (χ1n) is 0. The quantitative estimate of drug-likeness (QED) is 0.376. The first-order valence-corrected chi connectivity index (χ1v) is 0. The van der Waals surface area contributed by atoms with Crippen LogP contribution in [0.2, 0.25) is 0 Å². The Labute approximate surface area is 107 Å². The molecule has 0 aliphatic heterocycles. The molecule has 0 aliphatic rings. The molecule has 0 bridgehead atoms.